The summed E-state index contributed by atoms with van der Waals surface area (Å²) in [4.78, 5) is 25.2. The monoisotopic (exact) mass is 315 g/mol. The minimum atomic E-state index is -0.781. The maximum absolute atomic E-state index is 12.7. The van der Waals surface area contributed by atoms with Gasteiger partial charge in [-0.3, -0.25) is 9.59 Å². The van der Waals surface area contributed by atoms with E-state index in [1.165, 1.54) is 0 Å². The molecule has 1 amide bonds. The van der Waals surface area contributed by atoms with E-state index in [0.717, 1.165) is 37.0 Å². The second kappa shape index (κ2) is 5.25. The first-order chi connectivity index (χ1) is 11.2. The van der Waals surface area contributed by atoms with E-state index >= 15 is 0 Å². The van der Waals surface area contributed by atoms with Crippen LogP contribution in [-0.2, 0) is 14.3 Å². The average Bonchev–Trinajstić information content (AvgIpc) is 2.54. The first-order valence-corrected chi connectivity index (χ1v) is 8.43. The molecule has 122 valence electrons. The molecule has 5 heteroatoms. The van der Waals surface area contributed by atoms with Gasteiger partial charge in [0.05, 0.1) is 6.61 Å². The number of hydrogen-bond donors (Lipinski definition) is 1. The van der Waals surface area contributed by atoms with Gasteiger partial charge in [-0.25, -0.2) is 0 Å². The van der Waals surface area contributed by atoms with Crippen molar-refractivity contribution in [3.05, 3.63) is 29.8 Å². The van der Waals surface area contributed by atoms with Crippen LogP contribution in [0.4, 0.5) is 0 Å². The highest BCUT2D eigenvalue weighted by Crippen LogP contribution is 2.55. The first kappa shape index (κ1) is 14.5. The molecule has 4 atom stereocenters. The molecule has 0 radical (unpaired) electrons. The third-order valence-electron chi connectivity index (χ3n) is 5.43. The summed E-state index contributed by atoms with van der Waals surface area (Å²) in [6.07, 6.45) is 3.87. The molecule has 4 rings (SSSR count). The van der Waals surface area contributed by atoms with E-state index in [2.05, 4.69) is 5.32 Å². The van der Waals surface area contributed by atoms with Crippen molar-refractivity contribution in [3.8, 4) is 5.75 Å². The van der Waals surface area contributed by atoms with Gasteiger partial charge in [0.1, 0.15) is 11.7 Å². The Balaban J connectivity index is 1.85. The molecule has 1 saturated carbocycles. The summed E-state index contributed by atoms with van der Waals surface area (Å²) in [5.74, 6) is -0.723. The molecule has 0 aromatic heterocycles. The number of rotatable bonds is 2. The van der Waals surface area contributed by atoms with E-state index < -0.39 is 17.6 Å². The largest absolute Gasteiger partial charge is 0.467 e. The van der Waals surface area contributed by atoms with Gasteiger partial charge in [-0.05, 0) is 31.4 Å². The molecule has 0 spiro atoms. The van der Waals surface area contributed by atoms with Crippen LogP contribution in [-0.4, -0.2) is 24.2 Å². The molecule has 1 aromatic rings. The van der Waals surface area contributed by atoms with Gasteiger partial charge in [-0.2, -0.15) is 0 Å². The fourth-order valence-corrected chi connectivity index (χ4v) is 4.56. The summed E-state index contributed by atoms with van der Waals surface area (Å²) >= 11 is 0. The number of para-hydroxylation sites is 1. The average molecular weight is 315 g/mol. The Morgan fingerprint density at radius 3 is 3.04 bits per heavy atom. The minimum absolute atomic E-state index is 0.123. The van der Waals surface area contributed by atoms with Gasteiger partial charge < -0.3 is 14.8 Å². The molecule has 3 aliphatic rings. The second-order valence-corrected chi connectivity index (χ2v) is 6.63. The van der Waals surface area contributed by atoms with Crippen molar-refractivity contribution in [1.82, 2.24) is 5.32 Å². The van der Waals surface area contributed by atoms with E-state index in [-0.39, 0.29) is 24.3 Å². The summed E-state index contributed by atoms with van der Waals surface area (Å²) in [6, 6.07) is 7.76. The molecule has 1 saturated heterocycles. The molecule has 2 aliphatic heterocycles. The van der Waals surface area contributed by atoms with Crippen LogP contribution in [0.25, 0.3) is 0 Å². The Hall–Kier alpha value is -2.04. The fourth-order valence-electron chi connectivity index (χ4n) is 4.56. The maximum Gasteiger partial charge on any atom is 0.319 e. The highest BCUT2D eigenvalue weighted by Gasteiger charge is 2.61. The number of fused-ring (bicyclic) bond motifs is 2. The topological polar surface area (TPSA) is 64.6 Å². The number of ether oxygens (including phenoxy) is 2. The van der Waals surface area contributed by atoms with Gasteiger partial charge in [-0.1, -0.05) is 24.6 Å². The van der Waals surface area contributed by atoms with Gasteiger partial charge in [0.15, 0.2) is 5.72 Å². The second-order valence-electron chi connectivity index (χ2n) is 6.63. The molecular weight excluding hydrogens is 294 g/mol. The van der Waals surface area contributed by atoms with Gasteiger partial charge in [0.2, 0.25) is 5.91 Å². The maximum atomic E-state index is 12.7. The summed E-state index contributed by atoms with van der Waals surface area (Å²) in [5.41, 5.74) is 0.306. The van der Waals surface area contributed by atoms with Crippen molar-refractivity contribution in [2.24, 2.45) is 11.8 Å². The van der Waals surface area contributed by atoms with Crippen molar-refractivity contribution in [1.29, 1.82) is 0 Å². The van der Waals surface area contributed by atoms with E-state index in [1.807, 2.05) is 24.3 Å². The Bertz CT molecular complexity index is 658. The molecule has 2 bridgehead atoms. The third-order valence-corrected chi connectivity index (χ3v) is 5.43. The van der Waals surface area contributed by atoms with Crippen molar-refractivity contribution < 1.29 is 19.1 Å². The SMILES string of the molecule is CCOC(=O)[C@@H]1C(=O)N[C@@]23CCCC[C@H]2[C@H]1c1ccccc1O3. The molecule has 0 unspecified atom stereocenters. The summed E-state index contributed by atoms with van der Waals surface area (Å²) < 4.78 is 11.5. The lowest BCUT2D eigenvalue weighted by Gasteiger charge is -2.55. The normalized spacial score (nSPS) is 34.5. The molecule has 2 heterocycles. The first-order valence-electron chi connectivity index (χ1n) is 8.43. The summed E-state index contributed by atoms with van der Waals surface area (Å²) in [5, 5.41) is 3.03. The van der Waals surface area contributed by atoms with Gasteiger partial charge in [0, 0.05) is 18.3 Å². The van der Waals surface area contributed by atoms with Crippen molar-refractivity contribution >= 4 is 11.9 Å². The molecule has 1 aliphatic carbocycles. The molecular formula is C18H21NO4. The number of carbonyl (C=O) groups is 2. The number of benzene rings is 1. The van der Waals surface area contributed by atoms with Crippen LogP contribution in [0, 0.1) is 11.8 Å². The van der Waals surface area contributed by atoms with Crippen LogP contribution in [0.3, 0.4) is 0 Å². The van der Waals surface area contributed by atoms with E-state index in [9.17, 15) is 9.59 Å². The number of nitrogens with one attached hydrogen (secondary N) is 1. The fraction of sp³-hybridized carbons (Fsp3) is 0.556. The number of amides is 1. The zero-order chi connectivity index (χ0) is 16.0. The Morgan fingerprint density at radius 1 is 1.39 bits per heavy atom. The van der Waals surface area contributed by atoms with Crippen LogP contribution in [0.5, 0.6) is 5.75 Å². The Morgan fingerprint density at radius 2 is 2.22 bits per heavy atom. The van der Waals surface area contributed by atoms with Gasteiger partial charge >= 0.3 is 5.97 Å². The van der Waals surface area contributed by atoms with Crippen molar-refractivity contribution in [2.75, 3.05) is 6.61 Å². The molecule has 23 heavy (non-hydrogen) atoms. The predicted molar refractivity (Wildman–Crippen MR) is 82.8 cm³/mol. The minimum Gasteiger partial charge on any atom is -0.467 e. The number of hydrogen-bond acceptors (Lipinski definition) is 4. The Labute approximate surface area is 135 Å². The molecule has 5 nitrogen and oxygen atoms in total. The molecule has 1 N–H and O–H groups in total. The van der Waals surface area contributed by atoms with E-state index in [0.29, 0.717) is 0 Å². The van der Waals surface area contributed by atoms with Crippen LogP contribution >= 0.6 is 0 Å². The quantitative estimate of drug-likeness (QED) is 0.672. The van der Waals surface area contributed by atoms with E-state index in [4.69, 9.17) is 9.47 Å². The zero-order valence-corrected chi connectivity index (χ0v) is 13.2. The molecule has 1 aromatic carbocycles. The highest BCUT2D eigenvalue weighted by molar-refractivity contribution is 6.00. The van der Waals surface area contributed by atoms with Crippen LogP contribution in [0.1, 0.15) is 44.1 Å². The van der Waals surface area contributed by atoms with Gasteiger partial charge in [-0.15, -0.1) is 0 Å². The number of piperidine rings is 1. The van der Waals surface area contributed by atoms with Crippen molar-refractivity contribution in [2.45, 2.75) is 44.2 Å². The number of esters is 1. The lowest BCUT2D eigenvalue weighted by molar-refractivity contribution is -0.171. The summed E-state index contributed by atoms with van der Waals surface area (Å²) in [7, 11) is 0. The predicted octanol–water partition coefficient (Wildman–Crippen LogP) is 2.36. The standard InChI is InChI=1S/C18H21NO4/c1-2-22-17(21)15-14-11-7-3-4-9-13(11)23-18(19-16(15)20)10-6-5-8-12(14)18/h3-4,7,9,12,14-15H,2,5-6,8,10H2,1H3,(H,19,20)/t12-,14+,15-,18+/m0/s1. The van der Waals surface area contributed by atoms with Crippen molar-refractivity contribution in [3.63, 3.8) is 0 Å². The van der Waals surface area contributed by atoms with Crippen LogP contribution in [0.15, 0.2) is 24.3 Å². The Kier molecular flexibility index (Phi) is 3.32. The van der Waals surface area contributed by atoms with Crippen LogP contribution < -0.4 is 10.1 Å². The lowest BCUT2D eigenvalue weighted by atomic mass is 9.62. The highest BCUT2D eigenvalue weighted by atomic mass is 16.5. The third kappa shape index (κ3) is 2.06. The molecule has 2 fully saturated rings. The van der Waals surface area contributed by atoms with E-state index in [1.54, 1.807) is 6.92 Å². The van der Waals surface area contributed by atoms with Gasteiger partial charge in [0.25, 0.3) is 0 Å². The summed E-state index contributed by atoms with van der Waals surface area (Å²) in [6.45, 7) is 2.05. The zero-order valence-electron chi connectivity index (χ0n) is 13.2. The van der Waals surface area contributed by atoms with Crippen LogP contribution in [0.2, 0.25) is 0 Å². The number of carbonyl (C=O) groups excluding carboxylic acids is 2. The smallest absolute Gasteiger partial charge is 0.319 e. The lowest BCUT2D eigenvalue weighted by Crippen LogP contribution is -2.69.